The predicted octanol–water partition coefficient (Wildman–Crippen LogP) is 2.93. The highest BCUT2D eigenvalue weighted by atomic mass is 16.4. The second kappa shape index (κ2) is 10.5. The molecule has 0 aliphatic carbocycles. The number of para-hydroxylation sites is 2. The van der Waals surface area contributed by atoms with Gasteiger partial charge in [0.15, 0.2) is 5.82 Å². The van der Waals surface area contributed by atoms with Gasteiger partial charge in [-0.3, -0.25) is 9.59 Å². The first-order valence-corrected chi connectivity index (χ1v) is 11.2. The van der Waals surface area contributed by atoms with E-state index < -0.39 is 23.5 Å². The Morgan fingerprint density at radius 1 is 1.08 bits per heavy atom. The lowest BCUT2D eigenvalue weighted by molar-refractivity contribution is -0.117. The van der Waals surface area contributed by atoms with E-state index in [2.05, 4.69) is 40.6 Å². The van der Waals surface area contributed by atoms with Crippen LogP contribution in [0.4, 0.5) is 11.5 Å². The molecule has 5 rings (SSSR count). The molecule has 14 nitrogen and oxygen atoms in total. The Kier molecular flexibility index (Phi) is 6.61. The van der Waals surface area contributed by atoms with Gasteiger partial charge >= 0.3 is 5.97 Å². The summed E-state index contributed by atoms with van der Waals surface area (Å²) >= 11 is 0. The van der Waals surface area contributed by atoms with Crippen molar-refractivity contribution in [1.29, 1.82) is 5.26 Å². The van der Waals surface area contributed by atoms with Gasteiger partial charge in [0.05, 0.1) is 28.4 Å². The van der Waals surface area contributed by atoms with Crippen LogP contribution in [0.15, 0.2) is 88.2 Å². The Hall–Kier alpha value is -6.10. The number of aromatic amines is 1. The molecule has 39 heavy (non-hydrogen) atoms. The minimum Gasteiger partial charge on any atom is -0.478 e. The fourth-order valence-corrected chi connectivity index (χ4v) is 3.62. The van der Waals surface area contributed by atoms with Crippen molar-refractivity contribution in [1.82, 2.24) is 29.7 Å². The molecule has 0 saturated heterocycles. The lowest BCUT2D eigenvalue weighted by Crippen LogP contribution is -2.25. The number of carboxylic acids is 1. The number of nitrogens with zero attached hydrogens (tertiary/aromatic N) is 8. The van der Waals surface area contributed by atoms with Crippen LogP contribution in [0.25, 0.3) is 16.9 Å². The lowest BCUT2D eigenvalue weighted by atomic mass is 10.1. The standard InChI is InChI=1S/C25H16N10O4/c26-12-14-13-29-35(25-27-10-5-11-28-25)21(14)34-33-19(20-30-17-8-3-1-6-15(17)22(36)32-20)23(37)31-18-9-4-2-7-16(18)24(38)39/h1-11,13,19H,(H,31,37)(H,38,39)(H,30,32,36). The second-order valence-corrected chi connectivity index (χ2v) is 7.88. The number of H-pyrrole nitrogens is 1. The maximum Gasteiger partial charge on any atom is 0.337 e. The maximum atomic E-state index is 13.5. The Morgan fingerprint density at radius 3 is 2.59 bits per heavy atom. The number of carboxylic acid groups (broad SMARTS) is 1. The highest BCUT2D eigenvalue weighted by Crippen LogP contribution is 2.26. The Bertz CT molecular complexity index is 1840. The van der Waals surface area contributed by atoms with E-state index in [1.807, 2.05) is 6.07 Å². The number of hydrogen-bond acceptors (Lipinski definition) is 10. The van der Waals surface area contributed by atoms with Crippen LogP contribution < -0.4 is 10.9 Å². The van der Waals surface area contributed by atoms with Gasteiger partial charge in [0, 0.05) is 12.4 Å². The van der Waals surface area contributed by atoms with Gasteiger partial charge in [-0.2, -0.15) is 20.2 Å². The van der Waals surface area contributed by atoms with E-state index in [9.17, 15) is 24.8 Å². The largest absolute Gasteiger partial charge is 0.478 e. The smallest absolute Gasteiger partial charge is 0.337 e. The molecule has 3 aromatic heterocycles. The van der Waals surface area contributed by atoms with Crippen LogP contribution in [-0.4, -0.2) is 46.7 Å². The average Bonchev–Trinajstić information content (AvgIpc) is 3.37. The van der Waals surface area contributed by atoms with Crippen molar-refractivity contribution in [2.45, 2.75) is 6.04 Å². The third-order valence-corrected chi connectivity index (χ3v) is 5.43. The SMILES string of the molecule is N#Cc1cnn(-c2ncccn2)c1N=NC(C(=O)Nc1ccccc1C(=O)O)c1nc2ccccc2c(=O)[nH]1. The van der Waals surface area contributed by atoms with Crippen molar-refractivity contribution in [3.05, 3.63) is 100 Å². The minimum absolute atomic E-state index is 0.00113. The van der Waals surface area contributed by atoms with Crippen LogP contribution in [0.2, 0.25) is 0 Å². The van der Waals surface area contributed by atoms with Crippen molar-refractivity contribution >= 4 is 34.3 Å². The van der Waals surface area contributed by atoms with Gasteiger partial charge in [-0.05, 0) is 30.3 Å². The van der Waals surface area contributed by atoms with Gasteiger partial charge in [-0.15, -0.1) is 5.11 Å². The summed E-state index contributed by atoms with van der Waals surface area (Å²) in [5.41, 5.74) is -0.362. The van der Waals surface area contributed by atoms with E-state index in [0.717, 1.165) is 4.68 Å². The monoisotopic (exact) mass is 520 g/mol. The summed E-state index contributed by atoms with van der Waals surface area (Å²) in [6, 6.07) is 14.3. The normalized spacial score (nSPS) is 11.8. The number of amides is 1. The predicted molar refractivity (Wildman–Crippen MR) is 136 cm³/mol. The first-order chi connectivity index (χ1) is 19.0. The zero-order chi connectivity index (χ0) is 27.4. The number of carbonyl (C=O) groups is 2. The summed E-state index contributed by atoms with van der Waals surface area (Å²) in [6.07, 6.45) is 4.17. The summed E-state index contributed by atoms with van der Waals surface area (Å²) in [5.74, 6) is -2.23. The van der Waals surface area contributed by atoms with Gasteiger partial charge < -0.3 is 15.4 Å². The van der Waals surface area contributed by atoms with Crippen molar-refractivity contribution < 1.29 is 14.7 Å². The number of benzene rings is 2. The van der Waals surface area contributed by atoms with Crippen LogP contribution in [0.1, 0.15) is 27.8 Å². The molecule has 3 heterocycles. The third kappa shape index (κ3) is 4.95. The molecule has 3 N–H and O–H groups in total. The van der Waals surface area contributed by atoms with Crippen molar-refractivity contribution in [3.8, 4) is 12.0 Å². The Morgan fingerprint density at radius 2 is 1.82 bits per heavy atom. The summed E-state index contributed by atoms with van der Waals surface area (Å²) in [7, 11) is 0. The number of azo groups is 1. The molecule has 0 bridgehead atoms. The zero-order valence-corrected chi connectivity index (χ0v) is 19.8. The van der Waals surface area contributed by atoms with Crippen LogP contribution in [0.5, 0.6) is 0 Å². The average molecular weight is 520 g/mol. The van der Waals surface area contributed by atoms with Crippen molar-refractivity contribution in [3.63, 3.8) is 0 Å². The van der Waals surface area contributed by atoms with Gasteiger partial charge in [-0.1, -0.05) is 24.3 Å². The van der Waals surface area contributed by atoms with E-state index in [0.29, 0.717) is 10.9 Å². The molecule has 0 radical (unpaired) electrons. The van der Waals surface area contributed by atoms with Gasteiger partial charge in [0.25, 0.3) is 17.4 Å². The molecule has 0 spiro atoms. The molecule has 5 aromatic rings. The third-order valence-electron chi connectivity index (χ3n) is 5.43. The highest BCUT2D eigenvalue weighted by Gasteiger charge is 2.26. The lowest BCUT2D eigenvalue weighted by Gasteiger charge is -2.13. The summed E-state index contributed by atoms with van der Waals surface area (Å²) < 4.78 is 1.16. The zero-order valence-electron chi connectivity index (χ0n) is 19.8. The number of aromatic nitrogens is 6. The molecule has 0 fully saturated rings. The van der Waals surface area contributed by atoms with E-state index in [1.165, 1.54) is 36.8 Å². The van der Waals surface area contributed by atoms with Crippen LogP contribution in [-0.2, 0) is 4.79 Å². The Balaban J connectivity index is 1.61. The molecule has 1 amide bonds. The molecule has 14 heteroatoms. The first kappa shape index (κ1) is 24.6. The molecule has 0 saturated carbocycles. The van der Waals surface area contributed by atoms with Crippen molar-refractivity contribution in [2.75, 3.05) is 5.32 Å². The van der Waals surface area contributed by atoms with Crippen LogP contribution in [0, 0.1) is 11.3 Å². The van der Waals surface area contributed by atoms with Crippen LogP contribution in [0.3, 0.4) is 0 Å². The molecular weight excluding hydrogens is 504 g/mol. The summed E-state index contributed by atoms with van der Waals surface area (Å²) in [6.45, 7) is 0. The van der Waals surface area contributed by atoms with E-state index in [1.54, 1.807) is 36.4 Å². The van der Waals surface area contributed by atoms with E-state index in [-0.39, 0.29) is 34.4 Å². The molecule has 1 atom stereocenters. The van der Waals surface area contributed by atoms with Gasteiger partial charge in [0.1, 0.15) is 17.5 Å². The molecule has 190 valence electrons. The number of anilines is 1. The maximum absolute atomic E-state index is 13.5. The molecular formula is C25H16N10O4. The minimum atomic E-state index is -1.56. The number of fused-ring (bicyclic) bond motifs is 1. The van der Waals surface area contributed by atoms with Gasteiger partial charge in [0.2, 0.25) is 6.04 Å². The number of rotatable bonds is 7. The quantitative estimate of drug-likeness (QED) is 0.269. The first-order valence-electron chi connectivity index (χ1n) is 11.2. The molecule has 1 unspecified atom stereocenters. The van der Waals surface area contributed by atoms with Gasteiger partial charge in [-0.25, -0.2) is 19.7 Å². The number of hydrogen-bond donors (Lipinski definition) is 3. The molecule has 2 aromatic carbocycles. The number of carbonyl (C=O) groups excluding carboxylic acids is 1. The highest BCUT2D eigenvalue weighted by molar-refractivity contribution is 6.02. The summed E-state index contributed by atoms with van der Waals surface area (Å²) in [5, 5.41) is 34.2. The fourth-order valence-electron chi connectivity index (χ4n) is 3.62. The van der Waals surface area contributed by atoms with Crippen molar-refractivity contribution in [2.24, 2.45) is 10.2 Å². The van der Waals surface area contributed by atoms with E-state index >= 15 is 0 Å². The topological polar surface area (TPSA) is 204 Å². The number of nitriles is 1. The number of nitrogens with one attached hydrogen (secondary N) is 2. The second-order valence-electron chi connectivity index (χ2n) is 7.88. The fraction of sp³-hybridized carbons (Fsp3) is 0.0400. The molecule has 0 aliphatic heterocycles. The summed E-state index contributed by atoms with van der Waals surface area (Å²) in [4.78, 5) is 53.0. The van der Waals surface area contributed by atoms with Crippen LogP contribution >= 0.6 is 0 Å². The van der Waals surface area contributed by atoms with E-state index in [4.69, 9.17) is 0 Å². The number of aromatic carboxylic acids is 1. The molecule has 0 aliphatic rings. The Labute approximate surface area is 218 Å².